The van der Waals surface area contributed by atoms with Crippen LogP contribution in [0, 0.1) is 5.82 Å². The molecule has 1 unspecified atom stereocenters. The third kappa shape index (κ3) is 4.83. The van der Waals surface area contributed by atoms with Gasteiger partial charge >= 0.3 is 0 Å². The largest absolute Gasteiger partial charge is 0.497 e. The topological polar surface area (TPSA) is 49.9 Å². The maximum absolute atomic E-state index is 13.6. The number of thiophene rings is 1. The zero-order chi connectivity index (χ0) is 23.4. The van der Waals surface area contributed by atoms with Crippen LogP contribution >= 0.6 is 11.3 Å². The number of ether oxygens (including phenoxy) is 1. The SMILES string of the molecule is C=CCN(CC(=O)N1CCc2sccc2C1c1ccc(F)cc1)C(=O)c1cccc(OC)c1. The molecule has 0 saturated carbocycles. The molecule has 0 N–H and O–H groups in total. The molecule has 170 valence electrons. The number of amides is 2. The quantitative estimate of drug-likeness (QED) is 0.477. The first-order valence-electron chi connectivity index (χ1n) is 10.7. The summed E-state index contributed by atoms with van der Waals surface area (Å²) in [4.78, 5) is 31.2. The standard InChI is InChI=1S/C26H25FN2O3S/c1-3-13-28(26(31)19-5-4-6-21(16-19)32-2)17-24(30)29-14-11-23-22(12-15-33-23)25(29)18-7-9-20(27)10-8-18/h3-10,12,15-16,25H,1,11,13-14,17H2,2H3. The molecule has 0 fully saturated rings. The van der Waals surface area contributed by atoms with Gasteiger partial charge in [-0.05, 0) is 59.3 Å². The average molecular weight is 465 g/mol. The van der Waals surface area contributed by atoms with Crippen molar-refractivity contribution in [2.24, 2.45) is 0 Å². The van der Waals surface area contributed by atoms with E-state index in [9.17, 15) is 14.0 Å². The number of halogens is 1. The number of methoxy groups -OCH3 is 1. The van der Waals surface area contributed by atoms with Crippen molar-refractivity contribution in [3.8, 4) is 5.75 Å². The third-order valence-corrected chi connectivity index (χ3v) is 6.75. The van der Waals surface area contributed by atoms with Crippen LogP contribution in [0.2, 0.25) is 0 Å². The van der Waals surface area contributed by atoms with Crippen LogP contribution in [0.1, 0.15) is 32.4 Å². The Labute approximate surface area is 196 Å². The number of nitrogens with zero attached hydrogens (tertiary/aromatic N) is 2. The van der Waals surface area contributed by atoms with Crippen molar-refractivity contribution in [1.82, 2.24) is 9.80 Å². The normalized spacial score (nSPS) is 15.0. The Kier molecular flexibility index (Phi) is 6.89. The van der Waals surface area contributed by atoms with Gasteiger partial charge in [-0.2, -0.15) is 0 Å². The Morgan fingerprint density at radius 2 is 2.03 bits per heavy atom. The molecule has 33 heavy (non-hydrogen) atoms. The minimum atomic E-state index is -0.320. The first kappa shape index (κ1) is 22.7. The summed E-state index contributed by atoms with van der Waals surface area (Å²) >= 11 is 1.67. The van der Waals surface area contributed by atoms with Crippen LogP contribution in [-0.2, 0) is 11.2 Å². The van der Waals surface area contributed by atoms with Gasteiger partial charge in [0.25, 0.3) is 5.91 Å². The average Bonchev–Trinajstić information content (AvgIpc) is 3.32. The second-order valence-corrected chi connectivity index (χ2v) is 8.80. The van der Waals surface area contributed by atoms with Gasteiger partial charge in [0.1, 0.15) is 18.1 Å². The predicted molar refractivity (Wildman–Crippen MR) is 127 cm³/mol. The number of benzene rings is 2. The highest BCUT2D eigenvalue weighted by atomic mass is 32.1. The maximum Gasteiger partial charge on any atom is 0.254 e. The summed E-state index contributed by atoms with van der Waals surface area (Å²) in [6.07, 6.45) is 2.36. The molecule has 2 heterocycles. The molecule has 5 nitrogen and oxygen atoms in total. The van der Waals surface area contributed by atoms with E-state index >= 15 is 0 Å². The molecule has 0 radical (unpaired) electrons. The number of carbonyl (C=O) groups is 2. The van der Waals surface area contributed by atoms with Crippen LogP contribution in [0.5, 0.6) is 5.75 Å². The van der Waals surface area contributed by atoms with Crippen molar-refractivity contribution >= 4 is 23.2 Å². The predicted octanol–water partition coefficient (Wildman–Crippen LogP) is 4.70. The Morgan fingerprint density at radius 1 is 1.24 bits per heavy atom. The Morgan fingerprint density at radius 3 is 2.76 bits per heavy atom. The lowest BCUT2D eigenvalue weighted by molar-refractivity contribution is -0.133. The van der Waals surface area contributed by atoms with Gasteiger partial charge in [0.15, 0.2) is 0 Å². The molecule has 0 bridgehead atoms. The van der Waals surface area contributed by atoms with Crippen LogP contribution in [0.25, 0.3) is 0 Å². The van der Waals surface area contributed by atoms with Gasteiger partial charge in [0, 0.05) is 23.5 Å². The minimum Gasteiger partial charge on any atom is -0.497 e. The van der Waals surface area contributed by atoms with E-state index in [1.54, 1.807) is 65.8 Å². The van der Waals surface area contributed by atoms with E-state index in [0.29, 0.717) is 17.9 Å². The lowest BCUT2D eigenvalue weighted by Gasteiger charge is -2.37. The monoisotopic (exact) mass is 464 g/mol. The molecule has 4 rings (SSSR count). The second kappa shape index (κ2) is 10.0. The van der Waals surface area contributed by atoms with Gasteiger partial charge in [-0.15, -0.1) is 17.9 Å². The summed E-state index contributed by atoms with van der Waals surface area (Å²) in [5, 5.41) is 2.02. The van der Waals surface area contributed by atoms with Crippen molar-refractivity contribution < 1.29 is 18.7 Å². The van der Waals surface area contributed by atoms with Gasteiger partial charge in [-0.25, -0.2) is 4.39 Å². The highest BCUT2D eigenvalue weighted by Gasteiger charge is 2.34. The molecule has 0 spiro atoms. The summed E-state index contributed by atoms with van der Waals surface area (Å²) in [7, 11) is 1.54. The summed E-state index contributed by atoms with van der Waals surface area (Å²) in [6.45, 7) is 4.43. The van der Waals surface area contributed by atoms with E-state index in [2.05, 4.69) is 6.58 Å². The lowest BCUT2D eigenvalue weighted by atomic mass is 9.93. The van der Waals surface area contributed by atoms with Crippen LogP contribution < -0.4 is 4.74 Å². The summed E-state index contributed by atoms with van der Waals surface area (Å²) < 4.78 is 18.8. The number of carbonyl (C=O) groups excluding carboxylic acids is 2. The number of rotatable bonds is 7. The van der Waals surface area contributed by atoms with Crippen LogP contribution in [0.3, 0.4) is 0 Å². The molecule has 2 amide bonds. The molecule has 1 aliphatic rings. The Balaban J connectivity index is 1.61. The fourth-order valence-electron chi connectivity index (χ4n) is 4.16. The van der Waals surface area contributed by atoms with Crippen molar-refractivity contribution in [2.75, 3.05) is 26.7 Å². The van der Waals surface area contributed by atoms with E-state index in [1.165, 1.54) is 21.9 Å². The van der Waals surface area contributed by atoms with Gasteiger partial charge in [-0.3, -0.25) is 9.59 Å². The molecular formula is C26H25FN2O3S. The fourth-order valence-corrected chi connectivity index (χ4v) is 5.06. The fraction of sp³-hybridized carbons (Fsp3) is 0.231. The first-order valence-corrected chi connectivity index (χ1v) is 11.5. The summed E-state index contributed by atoms with van der Waals surface area (Å²) in [5.74, 6) is -0.185. The first-order chi connectivity index (χ1) is 16.0. The second-order valence-electron chi connectivity index (χ2n) is 7.80. The van der Waals surface area contributed by atoms with Gasteiger partial charge in [-0.1, -0.05) is 24.3 Å². The van der Waals surface area contributed by atoms with Crippen LogP contribution in [-0.4, -0.2) is 48.4 Å². The molecule has 2 aromatic carbocycles. The van der Waals surface area contributed by atoms with Crippen LogP contribution in [0.4, 0.5) is 4.39 Å². The van der Waals surface area contributed by atoms with Gasteiger partial charge < -0.3 is 14.5 Å². The van der Waals surface area contributed by atoms with E-state index in [-0.39, 0.29) is 36.8 Å². The zero-order valence-electron chi connectivity index (χ0n) is 18.4. The van der Waals surface area contributed by atoms with E-state index < -0.39 is 0 Å². The van der Waals surface area contributed by atoms with E-state index in [4.69, 9.17) is 4.74 Å². The zero-order valence-corrected chi connectivity index (χ0v) is 19.2. The number of hydrogen-bond donors (Lipinski definition) is 0. The van der Waals surface area contributed by atoms with Crippen molar-refractivity contribution in [3.63, 3.8) is 0 Å². The summed E-state index contributed by atoms with van der Waals surface area (Å²) in [5.41, 5.74) is 2.34. The number of hydrogen-bond acceptors (Lipinski definition) is 4. The molecule has 1 aromatic heterocycles. The summed E-state index contributed by atoms with van der Waals surface area (Å²) in [6, 6.07) is 14.8. The molecular weight excluding hydrogens is 439 g/mol. The van der Waals surface area contributed by atoms with Gasteiger partial charge in [0.05, 0.1) is 13.2 Å². The molecule has 1 atom stereocenters. The minimum absolute atomic E-state index is 0.0841. The highest BCUT2D eigenvalue weighted by Crippen LogP contribution is 2.38. The maximum atomic E-state index is 13.6. The Bertz CT molecular complexity index is 1160. The van der Waals surface area contributed by atoms with Crippen molar-refractivity contribution in [2.45, 2.75) is 12.5 Å². The third-order valence-electron chi connectivity index (χ3n) is 5.75. The molecule has 0 aliphatic carbocycles. The molecule has 3 aromatic rings. The molecule has 1 aliphatic heterocycles. The molecule has 0 saturated heterocycles. The molecule has 7 heteroatoms. The lowest BCUT2D eigenvalue weighted by Crippen LogP contribution is -2.46. The van der Waals surface area contributed by atoms with E-state index in [0.717, 1.165) is 17.5 Å². The van der Waals surface area contributed by atoms with Crippen LogP contribution in [0.15, 0.2) is 72.6 Å². The Hall–Kier alpha value is -3.45. The van der Waals surface area contributed by atoms with E-state index in [1.807, 2.05) is 11.4 Å². The highest BCUT2D eigenvalue weighted by molar-refractivity contribution is 7.10. The smallest absolute Gasteiger partial charge is 0.254 e. The van der Waals surface area contributed by atoms with Crippen molar-refractivity contribution in [1.29, 1.82) is 0 Å². The van der Waals surface area contributed by atoms with Crippen molar-refractivity contribution in [3.05, 3.63) is 100 Å². The number of fused-ring (bicyclic) bond motifs is 1. The van der Waals surface area contributed by atoms with Gasteiger partial charge in [0.2, 0.25) is 5.91 Å².